The smallest absolute Gasteiger partial charge is 0.206 e. The molecule has 0 radical (unpaired) electrons. The molecule has 0 bridgehead atoms. The van der Waals surface area contributed by atoms with Crippen LogP contribution in [0.1, 0.15) is 30.5 Å². The van der Waals surface area contributed by atoms with E-state index in [1.165, 1.54) is 11.1 Å². The van der Waals surface area contributed by atoms with Crippen molar-refractivity contribution in [2.24, 2.45) is 10.1 Å². The SMILES string of the molecule is Cc1ccc(-c2csc(=NC(C)C)n2N=Cc2ccccc2O)cc1C. The van der Waals surface area contributed by atoms with Gasteiger partial charge in [0.1, 0.15) is 5.75 Å². The molecular weight excluding hydrogens is 342 g/mol. The minimum absolute atomic E-state index is 0.174. The van der Waals surface area contributed by atoms with Crippen LogP contribution in [-0.4, -0.2) is 22.0 Å². The number of rotatable bonds is 4. The van der Waals surface area contributed by atoms with Crippen LogP contribution in [0.15, 0.2) is 57.9 Å². The summed E-state index contributed by atoms with van der Waals surface area (Å²) in [6.07, 6.45) is 1.67. The zero-order valence-electron chi connectivity index (χ0n) is 15.5. The second kappa shape index (κ2) is 7.70. The van der Waals surface area contributed by atoms with E-state index in [4.69, 9.17) is 0 Å². The summed E-state index contributed by atoms with van der Waals surface area (Å²) in [4.78, 5) is 5.52. The Kier molecular flexibility index (Phi) is 5.38. The average molecular weight is 366 g/mol. The molecule has 1 N–H and O–H groups in total. The van der Waals surface area contributed by atoms with Crippen molar-refractivity contribution in [1.82, 2.24) is 4.68 Å². The maximum atomic E-state index is 9.99. The number of benzene rings is 2. The van der Waals surface area contributed by atoms with Gasteiger partial charge < -0.3 is 5.11 Å². The monoisotopic (exact) mass is 365 g/mol. The lowest BCUT2D eigenvalue weighted by molar-refractivity contribution is 0.474. The van der Waals surface area contributed by atoms with E-state index in [1.807, 2.05) is 30.7 Å². The van der Waals surface area contributed by atoms with Crippen molar-refractivity contribution in [2.75, 3.05) is 0 Å². The van der Waals surface area contributed by atoms with E-state index < -0.39 is 0 Å². The van der Waals surface area contributed by atoms with Crippen molar-refractivity contribution in [2.45, 2.75) is 33.7 Å². The number of nitrogens with zero attached hydrogens (tertiary/aromatic N) is 3. The average Bonchev–Trinajstić information content (AvgIpc) is 2.98. The van der Waals surface area contributed by atoms with E-state index in [-0.39, 0.29) is 11.8 Å². The van der Waals surface area contributed by atoms with Crippen molar-refractivity contribution in [3.05, 3.63) is 69.3 Å². The number of thiazole rings is 1. The van der Waals surface area contributed by atoms with E-state index in [0.29, 0.717) is 5.56 Å². The second-order valence-electron chi connectivity index (χ2n) is 6.54. The van der Waals surface area contributed by atoms with Gasteiger partial charge in [-0.05, 0) is 57.0 Å². The van der Waals surface area contributed by atoms with Gasteiger partial charge in [-0.15, -0.1) is 11.3 Å². The first-order valence-corrected chi connectivity index (χ1v) is 9.48. The van der Waals surface area contributed by atoms with Crippen molar-refractivity contribution >= 4 is 17.6 Å². The fourth-order valence-electron chi connectivity index (χ4n) is 2.54. The van der Waals surface area contributed by atoms with Gasteiger partial charge >= 0.3 is 0 Å². The molecule has 0 fully saturated rings. The highest BCUT2D eigenvalue weighted by molar-refractivity contribution is 7.07. The van der Waals surface area contributed by atoms with E-state index in [9.17, 15) is 5.11 Å². The summed E-state index contributed by atoms with van der Waals surface area (Å²) in [5, 5.41) is 16.7. The highest BCUT2D eigenvalue weighted by Gasteiger charge is 2.09. The van der Waals surface area contributed by atoms with Crippen molar-refractivity contribution < 1.29 is 5.11 Å². The number of hydrogen-bond donors (Lipinski definition) is 1. The summed E-state index contributed by atoms with van der Waals surface area (Å²) in [5.74, 6) is 0.210. The molecular formula is C21H23N3OS. The lowest BCUT2D eigenvalue weighted by atomic mass is 10.1. The van der Waals surface area contributed by atoms with Gasteiger partial charge in [0.25, 0.3) is 0 Å². The number of aryl methyl sites for hydroxylation is 2. The molecule has 5 heteroatoms. The van der Waals surface area contributed by atoms with Crippen LogP contribution < -0.4 is 4.80 Å². The Morgan fingerprint density at radius 2 is 1.85 bits per heavy atom. The summed E-state index contributed by atoms with van der Waals surface area (Å²) in [6, 6.07) is 13.7. The molecule has 0 aliphatic heterocycles. The Hall–Kier alpha value is -2.66. The highest BCUT2D eigenvalue weighted by Crippen LogP contribution is 2.23. The van der Waals surface area contributed by atoms with Gasteiger partial charge in [-0.1, -0.05) is 24.3 Å². The summed E-state index contributed by atoms with van der Waals surface area (Å²) in [5.41, 5.74) is 5.27. The molecule has 3 aromatic rings. The molecule has 0 atom stereocenters. The summed E-state index contributed by atoms with van der Waals surface area (Å²) in [7, 11) is 0. The van der Waals surface area contributed by atoms with Crippen molar-refractivity contribution in [3.63, 3.8) is 0 Å². The molecule has 0 aliphatic carbocycles. The Labute approximate surface area is 157 Å². The predicted octanol–water partition coefficient (Wildman–Crippen LogP) is 4.73. The van der Waals surface area contributed by atoms with Gasteiger partial charge in [0.15, 0.2) is 0 Å². The molecule has 0 amide bonds. The Balaban J connectivity index is 2.13. The van der Waals surface area contributed by atoms with E-state index >= 15 is 0 Å². The van der Waals surface area contributed by atoms with Crippen molar-refractivity contribution in [1.29, 1.82) is 0 Å². The Bertz CT molecular complexity index is 1010. The van der Waals surface area contributed by atoms with Crippen LogP contribution in [0.3, 0.4) is 0 Å². The van der Waals surface area contributed by atoms with Gasteiger partial charge in [0, 0.05) is 22.5 Å². The number of phenols is 1. The van der Waals surface area contributed by atoms with E-state index in [1.54, 1.807) is 29.7 Å². The van der Waals surface area contributed by atoms with Gasteiger partial charge in [-0.25, -0.2) is 4.68 Å². The topological polar surface area (TPSA) is 49.9 Å². The first-order valence-electron chi connectivity index (χ1n) is 8.60. The summed E-state index contributed by atoms with van der Waals surface area (Å²) < 4.78 is 1.85. The minimum atomic E-state index is 0.174. The Morgan fingerprint density at radius 3 is 2.54 bits per heavy atom. The van der Waals surface area contributed by atoms with Crippen LogP contribution in [0.4, 0.5) is 0 Å². The standard InChI is InChI=1S/C21H23N3OS/c1-14(2)23-21-24(22-12-18-7-5-6-8-20(18)25)19(13-26-21)17-10-9-15(3)16(4)11-17/h5-14,25H,1-4H3. The molecule has 26 heavy (non-hydrogen) atoms. The molecule has 134 valence electrons. The third-order valence-corrected chi connectivity index (χ3v) is 4.94. The lowest BCUT2D eigenvalue weighted by Crippen LogP contribution is -2.14. The second-order valence-corrected chi connectivity index (χ2v) is 7.38. The molecule has 0 spiro atoms. The third-order valence-electron chi connectivity index (χ3n) is 4.11. The molecule has 1 aromatic heterocycles. The van der Waals surface area contributed by atoms with Gasteiger partial charge in [0.05, 0.1) is 11.9 Å². The number of aromatic nitrogens is 1. The molecule has 0 aliphatic rings. The summed E-state index contributed by atoms with van der Waals surface area (Å²) in [6.45, 7) is 8.32. The molecule has 4 nitrogen and oxygen atoms in total. The summed E-state index contributed by atoms with van der Waals surface area (Å²) >= 11 is 1.57. The maximum Gasteiger partial charge on any atom is 0.206 e. The van der Waals surface area contributed by atoms with Crippen LogP contribution in [0.5, 0.6) is 5.75 Å². The molecule has 1 heterocycles. The number of hydrogen-bond acceptors (Lipinski definition) is 4. The number of phenolic OH excluding ortho intramolecular Hbond substituents is 1. The maximum absolute atomic E-state index is 9.99. The fraction of sp³-hybridized carbons (Fsp3) is 0.238. The first kappa shape index (κ1) is 18.1. The largest absolute Gasteiger partial charge is 0.507 e. The number of aromatic hydroxyl groups is 1. The van der Waals surface area contributed by atoms with Crippen LogP contribution in [0, 0.1) is 13.8 Å². The van der Waals surface area contributed by atoms with Crippen LogP contribution in [0.2, 0.25) is 0 Å². The molecule has 0 saturated heterocycles. The van der Waals surface area contributed by atoms with E-state index in [0.717, 1.165) is 16.1 Å². The third kappa shape index (κ3) is 3.94. The normalized spacial score (nSPS) is 12.4. The number of para-hydroxylation sites is 1. The molecule has 0 unspecified atom stereocenters. The van der Waals surface area contributed by atoms with Gasteiger partial charge in [-0.2, -0.15) is 5.10 Å². The molecule has 2 aromatic carbocycles. The fourth-order valence-corrected chi connectivity index (χ4v) is 3.51. The zero-order chi connectivity index (χ0) is 18.7. The predicted molar refractivity (Wildman–Crippen MR) is 109 cm³/mol. The van der Waals surface area contributed by atoms with Crippen LogP contribution >= 0.6 is 11.3 Å². The Morgan fingerprint density at radius 1 is 1.08 bits per heavy atom. The van der Waals surface area contributed by atoms with Gasteiger partial charge in [0.2, 0.25) is 4.80 Å². The first-order chi connectivity index (χ1) is 12.5. The van der Waals surface area contributed by atoms with Crippen LogP contribution in [0.25, 0.3) is 11.3 Å². The van der Waals surface area contributed by atoms with Crippen molar-refractivity contribution in [3.8, 4) is 17.0 Å². The lowest BCUT2D eigenvalue weighted by Gasteiger charge is -2.07. The van der Waals surface area contributed by atoms with Gasteiger partial charge in [-0.3, -0.25) is 4.99 Å². The zero-order valence-corrected chi connectivity index (χ0v) is 16.3. The quantitative estimate of drug-likeness (QED) is 0.668. The van der Waals surface area contributed by atoms with Crippen LogP contribution in [-0.2, 0) is 0 Å². The molecule has 3 rings (SSSR count). The van der Waals surface area contributed by atoms with E-state index in [2.05, 4.69) is 47.5 Å². The molecule has 0 saturated carbocycles. The minimum Gasteiger partial charge on any atom is -0.507 e. The highest BCUT2D eigenvalue weighted by atomic mass is 32.1.